The Bertz CT molecular complexity index is 705. The fourth-order valence-electron chi connectivity index (χ4n) is 2.31. The third kappa shape index (κ3) is 6.54. The largest absolute Gasteiger partial charge is 0.464 e. The van der Waals surface area contributed by atoms with Crippen LogP contribution in [0.4, 0.5) is 4.79 Å². The minimum absolute atomic E-state index is 0.0810. The van der Waals surface area contributed by atoms with Gasteiger partial charge in [0, 0.05) is 26.5 Å². The Morgan fingerprint density at radius 1 is 1.25 bits per heavy atom. The van der Waals surface area contributed by atoms with E-state index in [4.69, 9.17) is 14.0 Å². The van der Waals surface area contributed by atoms with Gasteiger partial charge in [0.25, 0.3) is 0 Å². The first-order valence-electron chi connectivity index (χ1n) is 9.14. The predicted octanol–water partition coefficient (Wildman–Crippen LogP) is 2.39. The molecule has 9 heteroatoms. The Hall–Kier alpha value is -2.58. The Balaban J connectivity index is 2.97. The predicted molar refractivity (Wildman–Crippen MR) is 101 cm³/mol. The van der Waals surface area contributed by atoms with Gasteiger partial charge in [0.1, 0.15) is 23.1 Å². The molecule has 0 fully saturated rings. The quantitative estimate of drug-likeness (QED) is 0.703. The van der Waals surface area contributed by atoms with Gasteiger partial charge in [0.15, 0.2) is 0 Å². The summed E-state index contributed by atoms with van der Waals surface area (Å²) < 4.78 is 15.7. The summed E-state index contributed by atoms with van der Waals surface area (Å²) >= 11 is 0. The molecule has 0 aliphatic carbocycles. The minimum atomic E-state index is -0.884. The molecule has 0 aliphatic heterocycles. The smallest absolute Gasteiger partial charge is 0.410 e. The van der Waals surface area contributed by atoms with Gasteiger partial charge < -0.3 is 24.2 Å². The first kappa shape index (κ1) is 23.5. The van der Waals surface area contributed by atoms with E-state index in [2.05, 4.69) is 10.5 Å². The zero-order valence-electron chi connectivity index (χ0n) is 17.9. The zero-order chi connectivity index (χ0) is 21.7. The first-order valence-corrected chi connectivity index (χ1v) is 9.14. The molecule has 0 spiro atoms. The normalized spacial score (nSPS) is 12.9. The van der Waals surface area contributed by atoms with Gasteiger partial charge in [-0.05, 0) is 41.5 Å². The summed E-state index contributed by atoms with van der Waals surface area (Å²) in [6.45, 7) is 12.2. The molecule has 0 saturated heterocycles. The van der Waals surface area contributed by atoms with Gasteiger partial charge in [0.2, 0.25) is 5.91 Å². The van der Waals surface area contributed by atoms with Crippen LogP contribution in [0.25, 0.3) is 0 Å². The van der Waals surface area contributed by atoms with E-state index in [1.807, 2.05) is 0 Å². The van der Waals surface area contributed by atoms with Gasteiger partial charge >= 0.3 is 12.1 Å². The molecule has 1 unspecified atom stereocenters. The molecule has 9 nitrogen and oxygen atoms in total. The van der Waals surface area contributed by atoms with Crippen molar-refractivity contribution in [2.75, 3.05) is 13.7 Å². The lowest BCUT2D eigenvalue weighted by Gasteiger charge is -2.35. The fourth-order valence-corrected chi connectivity index (χ4v) is 2.31. The van der Waals surface area contributed by atoms with E-state index < -0.39 is 29.2 Å². The highest BCUT2D eigenvalue weighted by atomic mass is 16.6. The molecule has 2 amide bonds. The molecular formula is C19H31N3O6. The second-order valence-corrected chi connectivity index (χ2v) is 7.99. The highest BCUT2D eigenvalue weighted by Crippen LogP contribution is 2.28. The number of nitrogens with one attached hydrogen (secondary N) is 1. The topological polar surface area (TPSA) is 111 Å². The third-order valence-corrected chi connectivity index (χ3v) is 4.05. The number of hydrogen-bond donors (Lipinski definition) is 1. The van der Waals surface area contributed by atoms with Crippen LogP contribution in [-0.4, -0.2) is 53.3 Å². The fraction of sp³-hybridized carbons (Fsp3) is 0.684. The van der Waals surface area contributed by atoms with E-state index in [0.717, 1.165) is 0 Å². The second-order valence-electron chi connectivity index (χ2n) is 7.99. The number of hydrogen-bond acceptors (Lipinski definition) is 7. The molecule has 158 valence electrons. The van der Waals surface area contributed by atoms with Crippen LogP contribution < -0.4 is 5.32 Å². The molecule has 0 aromatic carbocycles. The Morgan fingerprint density at radius 2 is 1.86 bits per heavy atom. The SMILES string of the molecule is CCOC(=O)C(Cc1cc(C(C)(C)N(C)C(=O)OC(C)(C)C)no1)NC(C)=O. The summed E-state index contributed by atoms with van der Waals surface area (Å²) in [6.07, 6.45) is -0.415. The van der Waals surface area contributed by atoms with Crippen LogP contribution in [0.5, 0.6) is 0 Å². The molecule has 0 radical (unpaired) electrons. The molecule has 28 heavy (non-hydrogen) atoms. The number of ether oxygens (including phenoxy) is 2. The molecule has 1 N–H and O–H groups in total. The number of esters is 1. The van der Waals surface area contributed by atoms with Crippen LogP contribution >= 0.6 is 0 Å². The van der Waals surface area contributed by atoms with Gasteiger partial charge in [-0.3, -0.25) is 4.79 Å². The van der Waals surface area contributed by atoms with Crippen molar-refractivity contribution >= 4 is 18.0 Å². The van der Waals surface area contributed by atoms with Gasteiger partial charge in [-0.2, -0.15) is 0 Å². The average Bonchev–Trinajstić information content (AvgIpc) is 3.01. The number of aromatic nitrogens is 1. The highest BCUT2D eigenvalue weighted by molar-refractivity contribution is 5.83. The molecule has 0 aliphatic rings. The van der Waals surface area contributed by atoms with Crippen LogP contribution in [0, 0.1) is 0 Å². The number of carbonyl (C=O) groups is 3. The molecular weight excluding hydrogens is 366 g/mol. The lowest BCUT2D eigenvalue weighted by molar-refractivity contribution is -0.147. The van der Waals surface area contributed by atoms with Crippen LogP contribution in [0.15, 0.2) is 10.6 Å². The van der Waals surface area contributed by atoms with E-state index in [-0.39, 0.29) is 18.9 Å². The average molecular weight is 397 g/mol. The van der Waals surface area contributed by atoms with Crippen molar-refractivity contribution in [2.45, 2.75) is 72.1 Å². The molecule has 1 aromatic rings. The molecule has 1 atom stereocenters. The summed E-state index contributed by atoms with van der Waals surface area (Å²) in [4.78, 5) is 37.2. The molecule has 1 aromatic heterocycles. The minimum Gasteiger partial charge on any atom is -0.464 e. The lowest BCUT2D eigenvalue weighted by Crippen LogP contribution is -2.45. The van der Waals surface area contributed by atoms with Gasteiger partial charge in [0.05, 0.1) is 12.1 Å². The molecule has 1 heterocycles. The summed E-state index contributed by atoms with van der Waals surface area (Å²) in [6, 6.07) is 0.763. The Kier molecular flexibility index (Phi) is 7.60. The number of nitrogens with zero attached hydrogens (tertiary/aromatic N) is 2. The standard InChI is InChI=1S/C19H31N3O6/c1-9-26-16(24)14(20-12(2)23)10-13-11-15(21-28-13)19(6,7)22(8)17(25)27-18(3,4)5/h11,14H,9-10H2,1-8H3,(H,20,23). The number of rotatable bonds is 7. The highest BCUT2D eigenvalue weighted by Gasteiger charge is 2.36. The van der Waals surface area contributed by atoms with Crippen molar-refractivity contribution in [2.24, 2.45) is 0 Å². The lowest BCUT2D eigenvalue weighted by atomic mass is 9.98. The van der Waals surface area contributed by atoms with Crippen molar-refractivity contribution < 1.29 is 28.4 Å². The van der Waals surface area contributed by atoms with Gasteiger partial charge in [-0.15, -0.1) is 0 Å². The van der Waals surface area contributed by atoms with Gasteiger partial charge in [-0.25, -0.2) is 9.59 Å². The van der Waals surface area contributed by atoms with Crippen molar-refractivity contribution in [1.82, 2.24) is 15.4 Å². The molecule has 0 bridgehead atoms. The zero-order valence-corrected chi connectivity index (χ0v) is 17.9. The Labute approximate surface area is 165 Å². The second kappa shape index (κ2) is 9.07. The van der Waals surface area contributed by atoms with Crippen molar-refractivity contribution in [3.05, 3.63) is 17.5 Å². The maximum absolute atomic E-state index is 12.4. The van der Waals surface area contributed by atoms with Crippen LogP contribution in [0.2, 0.25) is 0 Å². The molecule has 1 rings (SSSR count). The van der Waals surface area contributed by atoms with E-state index in [1.165, 1.54) is 11.8 Å². The van der Waals surface area contributed by atoms with E-state index >= 15 is 0 Å². The van der Waals surface area contributed by atoms with E-state index in [0.29, 0.717) is 11.5 Å². The maximum Gasteiger partial charge on any atom is 0.410 e. The van der Waals surface area contributed by atoms with E-state index in [9.17, 15) is 14.4 Å². The van der Waals surface area contributed by atoms with E-state index in [1.54, 1.807) is 54.7 Å². The Morgan fingerprint density at radius 3 is 2.36 bits per heavy atom. The first-order chi connectivity index (χ1) is 12.8. The van der Waals surface area contributed by atoms with Crippen LogP contribution in [0.3, 0.4) is 0 Å². The third-order valence-electron chi connectivity index (χ3n) is 4.05. The monoisotopic (exact) mass is 397 g/mol. The number of carbonyl (C=O) groups excluding carboxylic acids is 3. The van der Waals surface area contributed by atoms with Crippen molar-refractivity contribution in [3.63, 3.8) is 0 Å². The summed E-state index contributed by atoms with van der Waals surface area (Å²) in [5.74, 6) is -0.531. The van der Waals surface area contributed by atoms with Crippen molar-refractivity contribution in [3.8, 4) is 0 Å². The number of amides is 2. The van der Waals surface area contributed by atoms with Crippen molar-refractivity contribution in [1.29, 1.82) is 0 Å². The summed E-state index contributed by atoms with van der Waals surface area (Å²) in [5, 5.41) is 6.58. The van der Waals surface area contributed by atoms with Gasteiger partial charge in [-0.1, -0.05) is 5.16 Å². The van der Waals surface area contributed by atoms with Crippen LogP contribution in [-0.2, 0) is 31.0 Å². The molecule has 0 saturated carbocycles. The summed E-state index contributed by atoms with van der Waals surface area (Å²) in [5.41, 5.74) is -0.958. The summed E-state index contributed by atoms with van der Waals surface area (Å²) in [7, 11) is 1.61. The maximum atomic E-state index is 12.4. The van der Waals surface area contributed by atoms with Crippen LogP contribution in [0.1, 0.15) is 59.9 Å².